The maximum atomic E-state index is 12.8. The number of aromatic nitrogens is 2. The molecule has 2 aliphatic heterocycles. The van der Waals surface area contributed by atoms with Crippen LogP contribution in [0.3, 0.4) is 0 Å². The Morgan fingerprint density at radius 3 is 2.66 bits per heavy atom. The fourth-order valence-corrected chi connectivity index (χ4v) is 3.59. The number of nitrogens with zero attached hydrogens (tertiary/aromatic N) is 4. The van der Waals surface area contributed by atoms with Crippen molar-refractivity contribution in [1.82, 2.24) is 20.2 Å². The smallest absolute Gasteiger partial charge is 0.270 e. The van der Waals surface area contributed by atoms with Gasteiger partial charge in [-0.1, -0.05) is 30.3 Å². The monoisotopic (exact) mass is 395 g/mol. The van der Waals surface area contributed by atoms with E-state index in [-0.39, 0.29) is 12.0 Å². The van der Waals surface area contributed by atoms with Crippen LogP contribution in [-0.2, 0) is 9.53 Å². The van der Waals surface area contributed by atoms with Gasteiger partial charge in [-0.2, -0.15) is 0 Å². The summed E-state index contributed by atoms with van der Waals surface area (Å²) in [7, 11) is 0. The SMILES string of the molecule is O=CN1CCN(c2cc(C(=O)NCC3CCCO3)nc(-c3ccccc3)n2)CC1. The maximum absolute atomic E-state index is 12.8. The molecule has 8 nitrogen and oxygen atoms in total. The zero-order valence-corrected chi connectivity index (χ0v) is 16.3. The number of ether oxygens (including phenoxy) is 1. The van der Waals surface area contributed by atoms with Crippen molar-refractivity contribution in [1.29, 1.82) is 0 Å². The summed E-state index contributed by atoms with van der Waals surface area (Å²) >= 11 is 0. The number of hydrogen-bond acceptors (Lipinski definition) is 6. The van der Waals surface area contributed by atoms with E-state index in [1.165, 1.54) is 0 Å². The second kappa shape index (κ2) is 9.00. The molecule has 0 spiro atoms. The number of amides is 2. The molecule has 152 valence electrons. The molecule has 0 saturated carbocycles. The molecule has 1 atom stereocenters. The van der Waals surface area contributed by atoms with Gasteiger partial charge in [0, 0.05) is 51.0 Å². The van der Waals surface area contributed by atoms with Crippen LogP contribution < -0.4 is 10.2 Å². The van der Waals surface area contributed by atoms with E-state index in [4.69, 9.17) is 9.72 Å². The van der Waals surface area contributed by atoms with Gasteiger partial charge >= 0.3 is 0 Å². The molecule has 0 bridgehead atoms. The number of anilines is 1. The second-order valence-corrected chi connectivity index (χ2v) is 7.27. The molecule has 2 fully saturated rings. The molecule has 1 aromatic heterocycles. The minimum atomic E-state index is -0.229. The third-order valence-electron chi connectivity index (χ3n) is 5.28. The van der Waals surface area contributed by atoms with Gasteiger partial charge in [-0.05, 0) is 12.8 Å². The van der Waals surface area contributed by atoms with Crippen LogP contribution in [0.4, 0.5) is 5.82 Å². The summed E-state index contributed by atoms with van der Waals surface area (Å²) in [5.41, 5.74) is 1.19. The summed E-state index contributed by atoms with van der Waals surface area (Å²) in [6.07, 6.45) is 2.94. The van der Waals surface area contributed by atoms with Crippen molar-refractivity contribution in [3.63, 3.8) is 0 Å². The lowest BCUT2D eigenvalue weighted by molar-refractivity contribution is -0.118. The predicted octanol–water partition coefficient (Wildman–Crippen LogP) is 1.33. The number of benzene rings is 1. The van der Waals surface area contributed by atoms with Crippen molar-refractivity contribution in [2.24, 2.45) is 0 Å². The Balaban J connectivity index is 1.57. The lowest BCUT2D eigenvalue weighted by Crippen LogP contribution is -2.46. The molecule has 8 heteroatoms. The highest BCUT2D eigenvalue weighted by molar-refractivity contribution is 5.93. The second-order valence-electron chi connectivity index (χ2n) is 7.27. The minimum absolute atomic E-state index is 0.0743. The molecule has 0 radical (unpaired) electrons. The van der Waals surface area contributed by atoms with Crippen LogP contribution >= 0.6 is 0 Å². The van der Waals surface area contributed by atoms with Gasteiger partial charge in [0.25, 0.3) is 5.91 Å². The van der Waals surface area contributed by atoms with Gasteiger partial charge < -0.3 is 19.9 Å². The Morgan fingerprint density at radius 1 is 1.17 bits per heavy atom. The quantitative estimate of drug-likeness (QED) is 0.743. The molecule has 2 amide bonds. The molecule has 1 N–H and O–H groups in total. The molecular weight excluding hydrogens is 370 g/mol. The van der Waals surface area contributed by atoms with Gasteiger partial charge in [0.15, 0.2) is 5.82 Å². The first kappa shape index (κ1) is 19.3. The number of carbonyl (C=O) groups excluding carboxylic acids is 2. The minimum Gasteiger partial charge on any atom is -0.376 e. The summed E-state index contributed by atoms with van der Waals surface area (Å²) in [5, 5.41) is 2.94. The van der Waals surface area contributed by atoms with Gasteiger partial charge in [-0.15, -0.1) is 0 Å². The Kier molecular flexibility index (Phi) is 6.00. The first-order chi connectivity index (χ1) is 14.2. The molecule has 0 aliphatic carbocycles. The van der Waals surface area contributed by atoms with Crippen molar-refractivity contribution >= 4 is 18.1 Å². The first-order valence-electron chi connectivity index (χ1n) is 10.0. The maximum Gasteiger partial charge on any atom is 0.270 e. The third-order valence-corrected chi connectivity index (χ3v) is 5.28. The van der Waals surface area contributed by atoms with E-state index in [2.05, 4.69) is 15.2 Å². The van der Waals surface area contributed by atoms with Crippen LogP contribution in [0.1, 0.15) is 23.3 Å². The fourth-order valence-electron chi connectivity index (χ4n) is 3.59. The van der Waals surface area contributed by atoms with Crippen LogP contribution in [0.2, 0.25) is 0 Å². The van der Waals surface area contributed by atoms with Gasteiger partial charge in [0.2, 0.25) is 6.41 Å². The molecule has 29 heavy (non-hydrogen) atoms. The van der Waals surface area contributed by atoms with E-state index in [0.29, 0.717) is 50.1 Å². The molecule has 1 unspecified atom stereocenters. The van der Waals surface area contributed by atoms with Crippen molar-refractivity contribution in [2.45, 2.75) is 18.9 Å². The van der Waals surface area contributed by atoms with Gasteiger partial charge in [-0.3, -0.25) is 9.59 Å². The van der Waals surface area contributed by atoms with Gasteiger partial charge in [0.05, 0.1) is 6.10 Å². The molecular formula is C21H25N5O3. The molecule has 3 heterocycles. The normalized spacial score (nSPS) is 19.2. The summed E-state index contributed by atoms with van der Waals surface area (Å²) in [6, 6.07) is 11.4. The first-order valence-corrected chi connectivity index (χ1v) is 10.0. The van der Waals surface area contributed by atoms with Crippen molar-refractivity contribution < 1.29 is 14.3 Å². The largest absolute Gasteiger partial charge is 0.376 e. The van der Waals surface area contributed by atoms with Gasteiger partial charge in [-0.25, -0.2) is 9.97 Å². The Labute approximate surface area is 169 Å². The average molecular weight is 395 g/mol. The summed E-state index contributed by atoms with van der Waals surface area (Å²) < 4.78 is 5.58. The van der Waals surface area contributed by atoms with Crippen LogP contribution in [0.15, 0.2) is 36.4 Å². The van der Waals surface area contributed by atoms with Crippen LogP contribution in [0.25, 0.3) is 11.4 Å². The lowest BCUT2D eigenvalue weighted by atomic mass is 10.2. The number of carbonyl (C=O) groups is 2. The molecule has 1 aromatic carbocycles. The highest BCUT2D eigenvalue weighted by Crippen LogP contribution is 2.21. The third kappa shape index (κ3) is 4.71. The van der Waals surface area contributed by atoms with E-state index in [1.807, 2.05) is 30.3 Å². The Morgan fingerprint density at radius 2 is 1.97 bits per heavy atom. The highest BCUT2D eigenvalue weighted by Gasteiger charge is 2.22. The van der Waals surface area contributed by atoms with E-state index in [1.54, 1.807) is 11.0 Å². The number of hydrogen-bond donors (Lipinski definition) is 1. The van der Waals surface area contributed by atoms with E-state index < -0.39 is 0 Å². The van der Waals surface area contributed by atoms with Crippen LogP contribution in [0, 0.1) is 0 Å². The average Bonchev–Trinajstić information content (AvgIpc) is 3.31. The van der Waals surface area contributed by atoms with Gasteiger partial charge in [0.1, 0.15) is 11.5 Å². The molecule has 2 saturated heterocycles. The zero-order valence-electron chi connectivity index (χ0n) is 16.3. The fraction of sp³-hybridized carbons (Fsp3) is 0.429. The van der Waals surface area contributed by atoms with E-state index in [0.717, 1.165) is 31.4 Å². The highest BCUT2D eigenvalue weighted by atomic mass is 16.5. The molecule has 2 aliphatic rings. The van der Waals surface area contributed by atoms with Crippen molar-refractivity contribution in [3.05, 3.63) is 42.1 Å². The molecule has 4 rings (SSSR count). The van der Waals surface area contributed by atoms with Crippen molar-refractivity contribution in [2.75, 3.05) is 44.2 Å². The summed E-state index contributed by atoms with van der Waals surface area (Å²) in [4.78, 5) is 36.8. The molecule has 2 aromatic rings. The van der Waals surface area contributed by atoms with Crippen LogP contribution in [-0.4, -0.2) is 72.6 Å². The van der Waals surface area contributed by atoms with Crippen molar-refractivity contribution in [3.8, 4) is 11.4 Å². The zero-order chi connectivity index (χ0) is 20.1. The number of rotatable bonds is 6. The standard InChI is InChI=1S/C21H25N5O3/c27-15-25-8-10-26(11-9-25)19-13-18(21(28)22-14-17-7-4-12-29-17)23-20(24-19)16-5-2-1-3-6-16/h1-3,5-6,13,15,17H,4,7-12,14H2,(H,22,28). The predicted molar refractivity (Wildman–Crippen MR) is 109 cm³/mol. The number of nitrogens with one attached hydrogen (secondary N) is 1. The summed E-state index contributed by atoms with van der Waals surface area (Å²) in [5.74, 6) is 0.989. The number of piperazine rings is 1. The Bertz CT molecular complexity index is 847. The topological polar surface area (TPSA) is 87.7 Å². The lowest BCUT2D eigenvalue weighted by Gasteiger charge is -2.33. The van der Waals surface area contributed by atoms with E-state index in [9.17, 15) is 9.59 Å². The Hall–Kier alpha value is -3.00. The summed E-state index contributed by atoms with van der Waals surface area (Å²) in [6.45, 7) is 3.84. The van der Waals surface area contributed by atoms with Crippen LogP contribution in [0.5, 0.6) is 0 Å². The van der Waals surface area contributed by atoms with E-state index >= 15 is 0 Å².